The first-order valence-electron chi connectivity index (χ1n) is 9.20. The summed E-state index contributed by atoms with van der Waals surface area (Å²) < 4.78 is 53.9. The van der Waals surface area contributed by atoms with Gasteiger partial charge in [0.1, 0.15) is 16.5 Å². The number of halogens is 2. The molecule has 3 aromatic rings. The molecule has 0 unspecified atom stereocenters. The van der Waals surface area contributed by atoms with E-state index in [4.69, 9.17) is 4.84 Å². The van der Waals surface area contributed by atoms with Crippen LogP contribution in [-0.4, -0.2) is 20.0 Å². The van der Waals surface area contributed by atoms with E-state index in [0.717, 1.165) is 6.07 Å². The number of carbonyl (C=O) groups is 1. The van der Waals surface area contributed by atoms with Gasteiger partial charge in [0.25, 0.3) is 15.9 Å². The molecule has 0 fully saturated rings. The van der Waals surface area contributed by atoms with Gasteiger partial charge in [0.2, 0.25) is 0 Å². The number of rotatable bonds is 5. The van der Waals surface area contributed by atoms with Gasteiger partial charge in [-0.2, -0.15) is 0 Å². The third-order valence-electron chi connectivity index (χ3n) is 4.88. The largest absolute Gasteiger partial charge is 0.379 e. The molecule has 4 rings (SSSR count). The summed E-state index contributed by atoms with van der Waals surface area (Å²) in [5, 5.41) is 3.83. The number of sulfonamides is 1. The predicted octanol–water partition coefficient (Wildman–Crippen LogP) is 3.49. The number of benzene rings is 3. The molecule has 1 heterocycles. The zero-order valence-electron chi connectivity index (χ0n) is 16.0. The summed E-state index contributed by atoms with van der Waals surface area (Å²) in [7, 11) is -4.67. The molecule has 0 saturated carbocycles. The topological polar surface area (TPSA) is 84.8 Å². The Kier molecular flexibility index (Phi) is 5.28. The van der Waals surface area contributed by atoms with Crippen LogP contribution in [0.5, 0.6) is 0 Å². The van der Waals surface area contributed by atoms with Gasteiger partial charge in [-0.25, -0.2) is 21.9 Å². The molecule has 158 valence electrons. The third kappa shape index (κ3) is 3.91. The lowest BCUT2D eigenvalue weighted by molar-refractivity contribution is -0.113. The number of hydrogen-bond acceptors (Lipinski definition) is 5. The van der Waals surface area contributed by atoms with E-state index in [2.05, 4.69) is 5.16 Å². The molecular weight excluding hydrogens is 426 g/mol. The third-order valence-corrected chi connectivity index (χ3v) is 6.23. The number of nitrogens with one attached hydrogen (secondary N) is 1. The maximum atomic E-state index is 13.9. The molecule has 9 heteroatoms. The minimum Gasteiger partial charge on any atom is -0.379 e. The van der Waals surface area contributed by atoms with E-state index >= 15 is 0 Å². The van der Waals surface area contributed by atoms with Crippen molar-refractivity contribution in [2.24, 2.45) is 5.16 Å². The second-order valence-corrected chi connectivity index (χ2v) is 8.53. The first-order valence-corrected chi connectivity index (χ1v) is 10.7. The van der Waals surface area contributed by atoms with Gasteiger partial charge in [0.15, 0.2) is 11.3 Å². The number of hydrogen-bond donors (Lipinski definition) is 1. The monoisotopic (exact) mass is 442 g/mol. The van der Waals surface area contributed by atoms with Gasteiger partial charge in [-0.1, -0.05) is 65.8 Å². The van der Waals surface area contributed by atoms with E-state index in [1.165, 1.54) is 0 Å². The molecule has 3 aromatic carbocycles. The molecule has 1 aliphatic heterocycles. The standard InChI is InChI=1S/C22H16F2N2O4S/c23-17-11-12-18(24)20(13-17)31(28,29)26-21(27)19-14-22(30-25-19,15-7-3-1-4-8-15)16-9-5-2-6-10-16/h1-13H,14H2,(H,26,27). The minimum absolute atomic E-state index is 0.0615. The fourth-order valence-corrected chi connectivity index (χ4v) is 4.43. The average molecular weight is 442 g/mol. The molecule has 31 heavy (non-hydrogen) atoms. The lowest BCUT2D eigenvalue weighted by Crippen LogP contribution is -2.38. The molecule has 0 aliphatic carbocycles. The molecule has 0 aromatic heterocycles. The highest BCUT2D eigenvalue weighted by Gasteiger charge is 2.45. The summed E-state index contributed by atoms with van der Waals surface area (Å²) in [4.78, 5) is 17.4. The summed E-state index contributed by atoms with van der Waals surface area (Å²) in [5.74, 6) is -3.23. The molecule has 1 N–H and O–H groups in total. The van der Waals surface area contributed by atoms with E-state index in [-0.39, 0.29) is 12.1 Å². The van der Waals surface area contributed by atoms with E-state index in [9.17, 15) is 22.0 Å². The van der Waals surface area contributed by atoms with Crippen LogP contribution in [0.4, 0.5) is 8.78 Å². The minimum atomic E-state index is -4.67. The summed E-state index contributed by atoms with van der Waals surface area (Å²) in [5.41, 5.74) is 0.0925. The first-order chi connectivity index (χ1) is 14.8. The van der Waals surface area contributed by atoms with Crippen LogP contribution in [0.3, 0.4) is 0 Å². The SMILES string of the molecule is O=C(NS(=O)(=O)c1cc(F)ccc1F)C1=NOC(c2ccccc2)(c2ccccc2)C1. The number of amides is 1. The number of nitrogens with zero attached hydrogens (tertiary/aromatic N) is 1. The van der Waals surface area contributed by atoms with Crippen LogP contribution in [0.2, 0.25) is 0 Å². The van der Waals surface area contributed by atoms with Gasteiger partial charge in [0, 0.05) is 11.1 Å². The van der Waals surface area contributed by atoms with Crippen LogP contribution < -0.4 is 4.72 Å². The summed E-state index contributed by atoms with van der Waals surface area (Å²) in [6.45, 7) is 0. The predicted molar refractivity (Wildman–Crippen MR) is 108 cm³/mol. The summed E-state index contributed by atoms with van der Waals surface area (Å²) in [6, 6.07) is 20.0. The highest BCUT2D eigenvalue weighted by atomic mass is 32.2. The Balaban J connectivity index is 1.63. The fourth-order valence-electron chi connectivity index (χ4n) is 3.37. The zero-order chi connectivity index (χ0) is 22.1. The zero-order valence-corrected chi connectivity index (χ0v) is 16.8. The quantitative estimate of drug-likeness (QED) is 0.656. The van der Waals surface area contributed by atoms with Crippen molar-refractivity contribution in [2.75, 3.05) is 0 Å². The van der Waals surface area contributed by atoms with Crippen molar-refractivity contribution in [2.45, 2.75) is 16.9 Å². The molecule has 0 bridgehead atoms. The van der Waals surface area contributed by atoms with Crippen LogP contribution in [0, 0.1) is 11.6 Å². The second-order valence-electron chi connectivity index (χ2n) is 6.87. The van der Waals surface area contributed by atoms with Crippen molar-refractivity contribution in [1.29, 1.82) is 0 Å². The van der Waals surface area contributed by atoms with Gasteiger partial charge in [-0.05, 0) is 18.2 Å². The maximum absolute atomic E-state index is 13.9. The lowest BCUT2D eigenvalue weighted by Gasteiger charge is -2.27. The van der Waals surface area contributed by atoms with Gasteiger partial charge in [-0.15, -0.1) is 0 Å². The Labute approximate surface area is 177 Å². The Morgan fingerprint density at radius 3 is 2.10 bits per heavy atom. The van der Waals surface area contributed by atoms with Gasteiger partial charge in [-0.3, -0.25) is 4.79 Å². The van der Waals surface area contributed by atoms with Crippen LogP contribution in [0.1, 0.15) is 17.5 Å². The Morgan fingerprint density at radius 1 is 0.935 bits per heavy atom. The summed E-state index contributed by atoms with van der Waals surface area (Å²) >= 11 is 0. The maximum Gasteiger partial charge on any atom is 0.282 e. The Morgan fingerprint density at radius 2 is 1.52 bits per heavy atom. The number of carbonyl (C=O) groups excluding carboxylic acids is 1. The molecule has 0 radical (unpaired) electrons. The molecule has 6 nitrogen and oxygen atoms in total. The molecule has 1 amide bonds. The van der Waals surface area contributed by atoms with Crippen LogP contribution >= 0.6 is 0 Å². The summed E-state index contributed by atoms with van der Waals surface area (Å²) in [6.07, 6.45) is -0.0615. The highest BCUT2D eigenvalue weighted by molar-refractivity contribution is 7.90. The Hall–Kier alpha value is -3.59. The second kappa shape index (κ2) is 7.92. The van der Waals surface area contributed by atoms with Crippen molar-refractivity contribution in [3.63, 3.8) is 0 Å². The first kappa shape index (κ1) is 20.7. The smallest absolute Gasteiger partial charge is 0.282 e. The van der Waals surface area contributed by atoms with E-state index in [1.807, 2.05) is 36.4 Å². The van der Waals surface area contributed by atoms with Crippen molar-refractivity contribution >= 4 is 21.6 Å². The number of oxime groups is 1. The van der Waals surface area contributed by atoms with Gasteiger partial charge in [0.05, 0.1) is 6.42 Å². The van der Waals surface area contributed by atoms with Crippen LogP contribution in [0.25, 0.3) is 0 Å². The average Bonchev–Trinajstić information content (AvgIpc) is 3.23. The molecule has 0 saturated heterocycles. The van der Waals surface area contributed by atoms with Gasteiger partial charge < -0.3 is 4.84 Å². The van der Waals surface area contributed by atoms with E-state index < -0.39 is 38.1 Å². The van der Waals surface area contributed by atoms with Gasteiger partial charge >= 0.3 is 0 Å². The van der Waals surface area contributed by atoms with Crippen molar-refractivity contribution in [3.8, 4) is 0 Å². The lowest BCUT2D eigenvalue weighted by atomic mass is 9.82. The van der Waals surface area contributed by atoms with E-state index in [0.29, 0.717) is 23.3 Å². The van der Waals surface area contributed by atoms with Crippen molar-refractivity contribution < 1.29 is 26.8 Å². The fraction of sp³-hybridized carbons (Fsp3) is 0.0909. The van der Waals surface area contributed by atoms with Crippen molar-refractivity contribution in [3.05, 3.63) is 102 Å². The molecule has 1 aliphatic rings. The van der Waals surface area contributed by atoms with Crippen LogP contribution in [0.15, 0.2) is 88.9 Å². The molecule has 0 spiro atoms. The molecular formula is C22H16F2N2O4S. The Bertz CT molecular complexity index is 1220. The van der Waals surface area contributed by atoms with E-state index in [1.54, 1.807) is 29.0 Å². The molecule has 0 atom stereocenters. The van der Waals surface area contributed by atoms with Crippen LogP contribution in [-0.2, 0) is 25.3 Å². The highest BCUT2D eigenvalue weighted by Crippen LogP contribution is 2.41. The van der Waals surface area contributed by atoms with Crippen molar-refractivity contribution in [1.82, 2.24) is 4.72 Å². The normalized spacial score (nSPS) is 15.1.